The zero-order valence-corrected chi connectivity index (χ0v) is 16.4. The smallest absolute Gasteiger partial charge is 0.294 e. The van der Waals surface area contributed by atoms with Gasteiger partial charge in [-0.2, -0.15) is 0 Å². The summed E-state index contributed by atoms with van der Waals surface area (Å²) >= 11 is 0. The number of hydrogen-bond acceptors (Lipinski definition) is 7. The van der Waals surface area contributed by atoms with Gasteiger partial charge in [0.15, 0.2) is 0 Å². The number of aliphatic hydroxyl groups excluding tert-OH is 1. The molecule has 1 aromatic carbocycles. The number of nitrogens with zero attached hydrogens (tertiary/aromatic N) is 1. The van der Waals surface area contributed by atoms with E-state index in [4.69, 9.17) is 9.47 Å². The molecule has 8 heteroatoms. The van der Waals surface area contributed by atoms with E-state index >= 15 is 0 Å². The van der Waals surface area contributed by atoms with Crippen LogP contribution in [0.2, 0.25) is 0 Å². The largest absolute Gasteiger partial charge is 0.494 e. The maximum absolute atomic E-state index is 10.0. The Kier molecular flexibility index (Phi) is 11.2. The molecule has 0 aromatic heterocycles. The molecule has 0 aliphatic carbocycles. The molecule has 0 bridgehead atoms. The topological polar surface area (TPSA) is 103 Å². The van der Waals surface area contributed by atoms with Gasteiger partial charge in [-0.25, -0.2) is 0 Å². The van der Waals surface area contributed by atoms with Gasteiger partial charge in [-0.15, -0.1) is 10.1 Å². The van der Waals surface area contributed by atoms with Crippen LogP contribution >= 0.6 is 0 Å². The van der Waals surface area contributed by atoms with Crippen LogP contribution in [-0.2, 0) is 4.84 Å². The lowest BCUT2D eigenvalue weighted by Crippen LogP contribution is -2.34. The van der Waals surface area contributed by atoms with E-state index in [0.29, 0.717) is 42.9 Å². The van der Waals surface area contributed by atoms with Crippen molar-refractivity contribution in [1.82, 2.24) is 5.32 Å². The Morgan fingerprint density at radius 2 is 1.70 bits per heavy atom. The molecule has 0 saturated heterocycles. The van der Waals surface area contributed by atoms with Crippen molar-refractivity contribution in [3.63, 3.8) is 0 Å². The first-order valence-electron chi connectivity index (χ1n) is 9.38. The average Bonchev–Trinajstić information content (AvgIpc) is 2.59. The van der Waals surface area contributed by atoms with Crippen LogP contribution < -0.4 is 14.8 Å². The SMILES string of the molecule is CC(C)CC(C)CNCC(O)COc1ccc(OCCCO[N+](=O)[O-])cc1. The van der Waals surface area contributed by atoms with Gasteiger partial charge in [0.2, 0.25) is 0 Å². The third-order valence-electron chi connectivity index (χ3n) is 3.77. The Labute approximate surface area is 160 Å². The minimum atomic E-state index is -0.817. The molecule has 0 aliphatic rings. The zero-order chi connectivity index (χ0) is 20.1. The van der Waals surface area contributed by atoms with Gasteiger partial charge in [0.1, 0.15) is 24.2 Å². The van der Waals surface area contributed by atoms with Crippen molar-refractivity contribution >= 4 is 0 Å². The summed E-state index contributed by atoms with van der Waals surface area (Å²) in [5.41, 5.74) is 0. The predicted molar refractivity (Wildman–Crippen MR) is 102 cm³/mol. The normalized spacial score (nSPS) is 13.2. The third-order valence-corrected chi connectivity index (χ3v) is 3.77. The van der Waals surface area contributed by atoms with Crippen LogP contribution in [0.25, 0.3) is 0 Å². The summed E-state index contributed by atoms with van der Waals surface area (Å²) in [6, 6.07) is 7.02. The number of ether oxygens (including phenoxy) is 2. The fourth-order valence-electron chi connectivity index (χ4n) is 2.66. The summed E-state index contributed by atoms with van der Waals surface area (Å²) < 4.78 is 11.0. The van der Waals surface area contributed by atoms with E-state index in [1.54, 1.807) is 24.3 Å². The molecule has 0 radical (unpaired) electrons. The van der Waals surface area contributed by atoms with Crippen LogP contribution in [0.1, 0.15) is 33.6 Å². The average molecular weight is 384 g/mol. The van der Waals surface area contributed by atoms with E-state index in [-0.39, 0.29) is 13.2 Å². The molecule has 2 unspecified atom stereocenters. The van der Waals surface area contributed by atoms with Crippen molar-refractivity contribution < 1.29 is 24.5 Å². The van der Waals surface area contributed by atoms with Crippen LogP contribution in [0, 0.1) is 22.0 Å². The Bertz CT molecular complexity index is 523. The molecule has 0 spiro atoms. The van der Waals surface area contributed by atoms with Gasteiger partial charge in [-0.3, -0.25) is 0 Å². The molecule has 0 heterocycles. The first-order chi connectivity index (χ1) is 12.9. The van der Waals surface area contributed by atoms with Crippen molar-refractivity contribution in [3.8, 4) is 11.5 Å². The molecular weight excluding hydrogens is 352 g/mol. The quantitative estimate of drug-likeness (QED) is 0.272. The van der Waals surface area contributed by atoms with Gasteiger partial charge >= 0.3 is 0 Å². The van der Waals surface area contributed by atoms with Crippen molar-refractivity contribution in [2.24, 2.45) is 11.8 Å². The summed E-state index contributed by atoms with van der Waals surface area (Å²) in [6.07, 6.45) is 1.01. The molecule has 0 aliphatic heterocycles. The summed E-state index contributed by atoms with van der Waals surface area (Å²) in [5.74, 6) is 2.55. The molecule has 8 nitrogen and oxygen atoms in total. The molecule has 0 fully saturated rings. The fourth-order valence-corrected chi connectivity index (χ4v) is 2.66. The van der Waals surface area contributed by atoms with E-state index in [9.17, 15) is 15.2 Å². The lowest BCUT2D eigenvalue weighted by Gasteiger charge is -2.17. The third kappa shape index (κ3) is 12.0. The van der Waals surface area contributed by atoms with E-state index in [1.165, 1.54) is 0 Å². The molecule has 1 rings (SSSR count). The van der Waals surface area contributed by atoms with Gasteiger partial charge in [-0.05, 0) is 49.1 Å². The highest BCUT2D eigenvalue weighted by Gasteiger charge is 2.08. The summed E-state index contributed by atoms with van der Waals surface area (Å²) in [5, 5.41) is 22.5. The van der Waals surface area contributed by atoms with Crippen LogP contribution in [0.3, 0.4) is 0 Å². The minimum absolute atomic E-state index is 0.0103. The van der Waals surface area contributed by atoms with E-state index < -0.39 is 11.2 Å². The molecule has 27 heavy (non-hydrogen) atoms. The standard InChI is InChI=1S/C19H32N2O6/c1-15(2)11-16(3)12-20-13-17(22)14-26-19-7-5-18(6-8-19)25-9-4-10-27-21(23)24/h5-8,15-17,20,22H,4,9-14H2,1-3H3. The van der Waals surface area contributed by atoms with E-state index in [1.807, 2.05) is 0 Å². The number of aliphatic hydroxyl groups is 1. The van der Waals surface area contributed by atoms with Gasteiger partial charge in [0, 0.05) is 13.0 Å². The number of rotatable bonds is 15. The maximum Gasteiger partial charge on any atom is 0.294 e. The first kappa shape index (κ1) is 23.0. The molecule has 0 saturated carbocycles. The highest BCUT2D eigenvalue weighted by Crippen LogP contribution is 2.18. The summed E-state index contributed by atoms with van der Waals surface area (Å²) in [6.45, 7) is 8.55. The van der Waals surface area contributed by atoms with E-state index in [0.717, 1.165) is 13.0 Å². The molecule has 2 atom stereocenters. The Morgan fingerprint density at radius 3 is 2.30 bits per heavy atom. The molecule has 2 N–H and O–H groups in total. The number of benzene rings is 1. The minimum Gasteiger partial charge on any atom is -0.494 e. The Balaban J connectivity index is 2.16. The second-order valence-corrected chi connectivity index (χ2v) is 7.09. The van der Waals surface area contributed by atoms with Crippen LogP contribution in [0.15, 0.2) is 24.3 Å². The van der Waals surface area contributed by atoms with Crippen molar-refractivity contribution in [2.75, 3.05) is 32.9 Å². The van der Waals surface area contributed by atoms with Gasteiger partial charge in [-0.1, -0.05) is 20.8 Å². The molecular formula is C19H32N2O6. The van der Waals surface area contributed by atoms with Crippen molar-refractivity contribution in [1.29, 1.82) is 0 Å². The lowest BCUT2D eigenvalue weighted by molar-refractivity contribution is -0.757. The van der Waals surface area contributed by atoms with Gasteiger partial charge < -0.3 is 24.7 Å². The molecule has 154 valence electrons. The lowest BCUT2D eigenvalue weighted by atomic mass is 9.99. The second-order valence-electron chi connectivity index (χ2n) is 7.09. The monoisotopic (exact) mass is 384 g/mol. The Hall–Kier alpha value is -2.06. The highest BCUT2D eigenvalue weighted by molar-refractivity contribution is 5.31. The molecule has 1 aromatic rings. The molecule has 0 amide bonds. The summed E-state index contributed by atoms with van der Waals surface area (Å²) in [4.78, 5) is 14.2. The van der Waals surface area contributed by atoms with E-state index in [2.05, 4.69) is 30.9 Å². The van der Waals surface area contributed by atoms with Crippen molar-refractivity contribution in [2.45, 2.75) is 39.7 Å². The van der Waals surface area contributed by atoms with Crippen LogP contribution in [0.5, 0.6) is 11.5 Å². The summed E-state index contributed by atoms with van der Waals surface area (Å²) in [7, 11) is 0. The maximum atomic E-state index is 10.0. The fraction of sp³-hybridized carbons (Fsp3) is 0.684. The predicted octanol–water partition coefficient (Wildman–Crippen LogP) is 2.68. The van der Waals surface area contributed by atoms with Crippen LogP contribution in [-0.4, -0.2) is 49.2 Å². The second kappa shape index (κ2) is 13.2. The van der Waals surface area contributed by atoms with Crippen molar-refractivity contribution in [3.05, 3.63) is 34.4 Å². The highest BCUT2D eigenvalue weighted by atomic mass is 16.9. The number of hydrogen-bond donors (Lipinski definition) is 2. The first-order valence-corrected chi connectivity index (χ1v) is 9.38. The van der Waals surface area contributed by atoms with Crippen LogP contribution in [0.4, 0.5) is 0 Å². The zero-order valence-electron chi connectivity index (χ0n) is 16.4. The Morgan fingerprint density at radius 1 is 1.07 bits per heavy atom. The number of nitrogens with one attached hydrogen (secondary N) is 1. The van der Waals surface area contributed by atoms with Gasteiger partial charge in [0.05, 0.1) is 13.2 Å². The van der Waals surface area contributed by atoms with Gasteiger partial charge in [0.25, 0.3) is 5.09 Å².